The Morgan fingerprint density at radius 1 is 1.11 bits per heavy atom. The first-order chi connectivity index (χ1) is 16.8. The maximum Gasteiger partial charge on any atom is 0.323 e. The molecule has 5 rings (SSSR count). The van der Waals surface area contributed by atoms with Crippen molar-refractivity contribution in [3.63, 3.8) is 0 Å². The predicted molar refractivity (Wildman–Crippen MR) is 126 cm³/mol. The van der Waals surface area contributed by atoms with Gasteiger partial charge in [0.05, 0.1) is 28.6 Å². The van der Waals surface area contributed by atoms with E-state index in [1.807, 2.05) is 0 Å². The van der Waals surface area contributed by atoms with Crippen molar-refractivity contribution >= 4 is 46.1 Å². The van der Waals surface area contributed by atoms with Crippen LogP contribution in [-0.2, 0) is 9.47 Å². The summed E-state index contributed by atoms with van der Waals surface area (Å²) in [6.45, 7) is 1.89. The molecule has 1 unspecified atom stereocenters. The van der Waals surface area contributed by atoms with Gasteiger partial charge in [-0.1, -0.05) is 29.3 Å². The number of anilines is 1. The number of aromatic nitrogens is 3. The first kappa shape index (κ1) is 24.2. The van der Waals surface area contributed by atoms with E-state index >= 15 is 0 Å². The SMILES string of the molecule is O=C(Nc1ncnc2c1ccn2[C@@H]1O[C@H](C(O)c2ccc(Cl)c(Cl)c2)[C@@H](O)[C@H]1O)N1CCOCC1. The number of nitrogens with zero attached hydrogens (tertiary/aromatic N) is 4. The van der Waals surface area contributed by atoms with E-state index in [-0.39, 0.29) is 11.1 Å². The fraction of sp³-hybridized carbons (Fsp3) is 0.409. The van der Waals surface area contributed by atoms with Gasteiger partial charge in [0, 0.05) is 19.3 Å². The van der Waals surface area contributed by atoms with Crippen molar-refractivity contribution in [2.24, 2.45) is 0 Å². The summed E-state index contributed by atoms with van der Waals surface area (Å²) in [6, 6.07) is 5.94. The van der Waals surface area contributed by atoms with Crippen molar-refractivity contribution in [2.45, 2.75) is 30.6 Å². The molecule has 0 bridgehead atoms. The van der Waals surface area contributed by atoms with Crippen molar-refractivity contribution in [1.82, 2.24) is 19.4 Å². The Labute approximate surface area is 209 Å². The van der Waals surface area contributed by atoms with Crippen LogP contribution in [0.5, 0.6) is 0 Å². The van der Waals surface area contributed by atoms with Crippen molar-refractivity contribution in [2.75, 3.05) is 31.6 Å². The monoisotopic (exact) mass is 523 g/mol. The lowest BCUT2D eigenvalue weighted by molar-refractivity contribution is -0.0848. The number of carbonyl (C=O) groups excluding carboxylic acids is 1. The molecule has 0 spiro atoms. The number of aliphatic hydroxyl groups excluding tert-OH is 3. The molecular formula is C22H23Cl2N5O6. The smallest absolute Gasteiger partial charge is 0.323 e. The molecule has 13 heteroatoms. The van der Waals surface area contributed by atoms with E-state index in [4.69, 9.17) is 32.7 Å². The number of rotatable bonds is 4. The normalized spacial score (nSPS) is 25.7. The van der Waals surface area contributed by atoms with Crippen LogP contribution >= 0.6 is 23.2 Å². The number of nitrogens with one attached hydrogen (secondary N) is 1. The van der Waals surface area contributed by atoms with Crippen LogP contribution < -0.4 is 5.32 Å². The average Bonchev–Trinajstić information content (AvgIpc) is 3.42. The summed E-state index contributed by atoms with van der Waals surface area (Å²) in [6.07, 6.45) is -3.35. The van der Waals surface area contributed by atoms with Gasteiger partial charge < -0.3 is 34.3 Å². The Bertz CT molecular complexity index is 1240. The highest BCUT2D eigenvalue weighted by Crippen LogP contribution is 2.39. The number of aliphatic hydroxyl groups is 3. The van der Waals surface area contributed by atoms with Crippen LogP contribution in [0, 0.1) is 0 Å². The number of amides is 2. The number of halogens is 2. The molecule has 0 saturated carbocycles. The minimum absolute atomic E-state index is 0.243. The van der Waals surface area contributed by atoms with Crippen LogP contribution in [0.15, 0.2) is 36.8 Å². The second-order valence-corrected chi connectivity index (χ2v) is 9.12. The number of hydrogen-bond donors (Lipinski definition) is 4. The number of fused-ring (bicyclic) bond motifs is 1. The summed E-state index contributed by atoms with van der Waals surface area (Å²) in [4.78, 5) is 22.7. The molecule has 0 radical (unpaired) electrons. The van der Waals surface area contributed by atoms with Gasteiger partial charge in [-0.15, -0.1) is 0 Å². The number of hydrogen-bond acceptors (Lipinski definition) is 8. The molecule has 11 nitrogen and oxygen atoms in total. The van der Waals surface area contributed by atoms with Crippen molar-refractivity contribution < 1.29 is 29.6 Å². The third-order valence-electron chi connectivity index (χ3n) is 6.18. The third-order valence-corrected chi connectivity index (χ3v) is 6.92. The lowest BCUT2D eigenvalue weighted by Gasteiger charge is -2.26. The highest BCUT2D eigenvalue weighted by atomic mass is 35.5. The summed E-state index contributed by atoms with van der Waals surface area (Å²) < 4.78 is 12.7. The number of benzene rings is 1. The number of carbonyl (C=O) groups is 1. The van der Waals surface area contributed by atoms with Crippen LogP contribution in [0.25, 0.3) is 11.0 Å². The van der Waals surface area contributed by atoms with Gasteiger partial charge in [-0.05, 0) is 23.8 Å². The Hall–Kier alpha value is -2.51. The second kappa shape index (κ2) is 9.86. The largest absolute Gasteiger partial charge is 0.387 e. The third kappa shape index (κ3) is 4.56. The Morgan fingerprint density at radius 2 is 1.89 bits per heavy atom. The Kier molecular flexibility index (Phi) is 6.82. The lowest BCUT2D eigenvalue weighted by atomic mass is 9.99. The molecule has 4 N–H and O–H groups in total. The summed E-state index contributed by atoms with van der Waals surface area (Å²) in [7, 11) is 0. The first-order valence-corrected chi connectivity index (χ1v) is 11.7. The zero-order valence-corrected chi connectivity index (χ0v) is 19.8. The second-order valence-electron chi connectivity index (χ2n) is 8.30. The first-order valence-electron chi connectivity index (χ1n) is 10.9. The highest BCUT2D eigenvalue weighted by molar-refractivity contribution is 6.42. The number of urea groups is 1. The molecule has 2 aromatic heterocycles. The van der Waals surface area contributed by atoms with E-state index in [0.29, 0.717) is 53.7 Å². The van der Waals surface area contributed by atoms with Crippen LogP contribution in [0.4, 0.5) is 10.6 Å². The Balaban J connectivity index is 1.38. The molecule has 0 aliphatic carbocycles. The van der Waals surface area contributed by atoms with E-state index in [2.05, 4.69) is 15.3 Å². The molecule has 1 aromatic carbocycles. The maximum absolute atomic E-state index is 12.6. The zero-order valence-electron chi connectivity index (χ0n) is 18.3. The Morgan fingerprint density at radius 3 is 2.63 bits per heavy atom. The van der Waals surface area contributed by atoms with Crippen molar-refractivity contribution in [3.05, 3.63) is 52.4 Å². The maximum atomic E-state index is 12.6. The van der Waals surface area contributed by atoms with Gasteiger partial charge in [-0.3, -0.25) is 5.32 Å². The molecule has 3 aromatic rings. The molecule has 2 amide bonds. The highest BCUT2D eigenvalue weighted by Gasteiger charge is 2.47. The van der Waals surface area contributed by atoms with E-state index < -0.39 is 30.6 Å². The standard InChI is InChI=1S/C22H23Cl2N5O6/c23-13-2-1-11(9-14(13)24)15(30)18-16(31)17(32)21(35-18)29-4-3-12-19(25-10-26-20(12)29)27-22(33)28-5-7-34-8-6-28/h1-4,9-10,15-18,21,30-32H,5-8H2,(H,25,26,27,33)/t15?,16-,17+,18+,21+/m0/s1. The van der Waals surface area contributed by atoms with Gasteiger partial charge in [0.2, 0.25) is 0 Å². The molecule has 35 heavy (non-hydrogen) atoms. The van der Waals surface area contributed by atoms with Gasteiger partial charge in [-0.25, -0.2) is 14.8 Å². The summed E-state index contributed by atoms with van der Waals surface area (Å²) >= 11 is 12.0. The summed E-state index contributed by atoms with van der Waals surface area (Å²) in [5.74, 6) is 0.297. The van der Waals surface area contributed by atoms with Gasteiger partial charge in [0.15, 0.2) is 6.23 Å². The molecule has 186 valence electrons. The van der Waals surface area contributed by atoms with Crippen molar-refractivity contribution in [3.8, 4) is 0 Å². The van der Waals surface area contributed by atoms with Gasteiger partial charge in [0.1, 0.15) is 42.2 Å². The number of morpholine rings is 1. The van der Waals surface area contributed by atoms with Crippen molar-refractivity contribution in [1.29, 1.82) is 0 Å². The summed E-state index contributed by atoms with van der Waals surface area (Å²) in [5, 5.41) is 36.1. The predicted octanol–water partition coefficient (Wildman–Crippen LogP) is 1.95. The van der Waals surface area contributed by atoms with Crippen LogP contribution in [0.1, 0.15) is 17.9 Å². The van der Waals surface area contributed by atoms with E-state index in [1.165, 1.54) is 23.0 Å². The van der Waals surface area contributed by atoms with Crippen LogP contribution in [-0.4, -0.2) is 85.4 Å². The quantitative estimate of drug-likeness (QED) is 0.406. The minimum Gasteiger partial charge on any atom is -0.387 e. The fourth-order valence-electron chi connectivity index (χ4n) is 4.29. The lowest BCUT2D eigenvalue weighted by Crippen LogP contribution is -2.43. The zero-order chi connectivity index (χ0) is 24.7. The molecule has 2 saturated heterocycles. The number of ether oxygens (including phenoxy) is 2. The molecule has 2 aliphatic heterocycles. The molecule has 4 heterocycles. The molecule has 2 fully saturated rings. The minimum atomic E-state index is -1.40. The van der Waals surface area contributed by atoms with E-state index in [1.54, 1.807) is 23.2 Å². The van der Waals surface area contributed by atoms with Gasteiger partial charge in [0.25, 0.3) is 0 Å². The summed E-state index contributed by atoms with van der Waals surface area (Å²) in [5.41, 5.74) is 0.752. The molecule has 2 aliphatic rings. The molecular weight excluding hydrogens is 501 g/mol. The molecule has 5 atom stereocenters. The van der Waals surface area contributed by atoms with Gasteiger partial charge >= 0.3 is 6.03 Å². The average molecular weight is 524 g/mol. The van der Waals surface area contributed by atoms with E-state index in [9.17, 15) is 20.1 Å². The van der Waals surface area contributed by atoms with E-state index in [0.717, 1.165) is 0 Å². The van der Waals surface area contributed by atoms with Crippen LogP contribution in [0.2, 0.25) is 10.0 Å². The van der Waals surface area contributed by atoms with Gasteiger partial charge in [-0.2, -0.15) is 0 Å². The fourth-order valence-corrected chi connectivity index (χ4v) is 4.59. The van der Waals surface area contributed by atoms with Crippen LogP contribution in [0.3, 0.4) is 0 Å². The topological polar surface area (TPSA) is 142 Å².